The van der Waals surface area contributed by atoms with E-state index in [1.54, 1.807) is 11.8 Å². The molecule has 0 aliphatic rings. The van der Waals surface area contributed by atoms with Gasteiger partial charge >= 0.3 is 0 Å². The van der Waals surface area contributed by atoms with Gasteiger partial charge < -0.3 is 5.73 Å². The molecule has 4 heteroatoms. The van der Waals surface area contributed by atoms with Crippen molar-refractivity contribution in [1.82, 2.24) is 0 Å². The minimum Gasteiger partial charge on any atom is -0.323 e. The molecular formula is C22H23NOS2. The van der Waals surface area contributed by atoms with E-state index in [1.165, 1.54) is 0 Å². The van der Waals surface area contributed by atoms with Gasteiger partial charge in [-0.25, -0.2) is 4.21 Å². The number of hydrogen-bond donors (Lipinski definition) is 1. The summed E-state index contributed by atoms with van der Waals surface area (Å²) in [4.78, 5) is 1.65. The summed E-state index contributed by atoms with van der Waals surface area (Å²) in [6, 6.07) is 25.7. The molecule has 0 heterocycles. The molecular weight excluding hydrogens is 358 g/mol. The quantitative estimate of drug-likeness (QED) is 0.633. The van der Waals surface area contributed by atoms with Crippen LogP contribution in [0.25, 0.3) is 0 Å². The van der Waals surface area contributed by atoms with E-state index in [-0.39, 0.29) is 11.3 Å². The fraction of sp³-hybridized carbons (Fsp3) is 0.182. The van der Waals surface area contributed by atoms with E-state index >= 15 is 0 Å². The second-order valence-corrected chi connectivity index (χ2v) is 8.64. The molecule has 2 N–H and O–H groups in total. The Hall–Kier alpha value is -1.88. The second kappa shape index (κ2) is 8.67. The van der Waals surface area contributed by atoms with Crippen LogP contribution in [0.1, 0.15) is 28.0 Å². The zero-order valence-electron chi connectivity index (χ0n) is 15.0. The molecule has 0 unspecified atom stereocenters. The van der Waals surface area contributed by atoms with Crippen molar-refractivity contribution < 1.29 is 4.21 Å². The Morgan fingerprint density at radius 1 is 0.885 bits per heavy atom. The summed E-state index contributed by atoms with van der Waals surface area (Å²) in [6.07, 6.45) is 2.05. The summed E-state index contributed by atoms with van der Waals surface area (Å²) < 4.78 is 13.2. The molecule has 0 bridgehead atoms. The average Bonchev–Trinajstić information content (AvgIpc) is 2.69. The van der Waals surface area contributed by atoms with E-state index < -0.39 is 10.8 Å². The smallest absolute Gasteiger partial charge is 0.0852 e. The van der Waals surface area contributed by atoms with Crippen molar-refractivity contribution in [1.29, 1.82) is 0 Å². The molecule has 0 amide bonds. The summed E-state index contributed by atoms with van der Waals surface area (Å²) in [6.45, 7) is 2.03. The predicted octanol–water partition coefficient (Wildman–Crippen LogP) is 5.27. The second-order valence-electron chi connectivity index (χ2n) is 6.21. The molecule has 0 aliphatic heterocycles. The highest BCUT2D eigenvalue weighted by Crippen LogP contribution is 2.40. The molecule has 0 spiro atoms. The van der Waals surface area contributed by atoms with Gasteiger partial charge in [0.1, 0.15) is 0 Å². The average molecular weight is 382 g/mol. The fourth-order valence-electron chi connectivity index (χ4n) is 2.99. The fourth-order valence-corrected chi connectivity index (χ4v) is 5.22. The first-order valence-electron chi connectivity index (χ1n) is 8.52. The van der Waals surface area contributed by atoms with Crippen LogP contribution in [0.4, 0.5) is 0 Å². The van der Waals surface area contributed by atoms with Crippen LogP contribution in [-0.4, -0.2) is 10.5 Å². The summed E-state index contributed by atoms with van der Waals surface area (Å²) in [5, 5.41) is 0.0306. The SMILES string of the molecule is CS[C@@H](c1ccccc1[S@@](=O)c1ccc(C)cc1)[C@H](N)c1ccccc1. The standard InChI is InChI=1S/C22H23NOS2/c1-16-12-14-18(15-13-16)26(24)20-11-7-6-10-19(20)22(25-2)21(23)17-8-4-3-5-9-17/h3-15,21-22H,23H2,1-2H3/t21-,22+,26+/m1/s1. The first-order valence-corrected chi connectivity index (χ1v) is 11.0. The lowest BCUT2D eigenvalue weighted by Gasteiger charge is -2.25. The Morgan fingerprint density at radius 2 is 1.50 bits per heavy atom. The number of thioether (sulfide) groups is 1. The molecule has 0 fully saturated rings. The molecule has 3 aromatic rings. The lowest BCUT2D eigenvalue weighted by molar-refractivity contribution is 0.674. The monoisotopic (exact) mass is 381 g/mol. The molecule has 3 aromatic carbocycles. The molecule has 0 aliphatic carbocycles. The van der Waals surface area contributed by atoms with Crippen molar-refractivity contribution in [3.63, 3.8) is 0 Å². The lowest BCUT2D eigenvalue weighted by atomic mass is 9.99. The number of hydrogen-bond acceptors (Lipinski definition) is 3. The van der Waals surface area contributed by atoms with Crippen LogP contribution >= 0.6 is 11.8 Å². The Labute approximate surface area is 162 Å². The third kappa shape index (κ3) is 4.09. The molecule has 26 heavy (non-hydrogen) atoms. The van der Waals surface area contributed by atoms with E-state index in [1.807, 2.05) is 85.8 Å². The van der Waals surface area contributed by atoms with Gasteiger partial charge in [-0.2, -0.15) is 11.8 Å². The molecule has 0 aromatic heterocycles. The van der Waals surface area contributed by atoms with E-state index in [9.17, 15) is 4.21 Å². The minimum absolute atomic E-state index is 0.0306. The van der Waals surface area contributed by atoms with Crippen molar-refractivity contribution in [2.75, 3.05) is 6.26 Å². The summed E-state index contributed by atoms with van der Waals surface area (Å²) in [5.41, 5.74) is 9.87. The van der Waals surface area contributed by atoms with Crippen molar-refractivity contribution in [2.24, 2.45) is 5.73 Å². The van der Waals surface area contributed by atoms with Gasteiger partial charge in [-0.1, -0.05) is 66.2 Å². The van der Waals surface area contributed by atoms with Crippen LogP contribution < -0.4 is 5.73 Å². The van der Waals surface area contributed by atoms with Crippen LogP contribution in [0.15, 0.2) is 88.7 Å². The van der Waals surface area contributed by atoms with Crippen LogP contribution in [0.5, 0.6) is 0 Å². The maximum Gasteiger partial charge on any atom is 0.0852 e. The van der Waals surface area contributed by atoms with Crippen molar-refractivity contribution >= 4 is 22.6 Å². The molecule has 3 rings (SSSR count). The predicted molar refractivity (Wildman–Crippen MR) is 112 cm³/mol. The maximum atomic E-state index is 13.2. The summed E-state index contributed by atoms with van der Waals surface area (Å²) >= 11 is 1.70. The van der Waals surface area contributed by atoms with Gasteiger partial charge in [-0.05, 0) is 42.5 Å². The van der Waals surface area contributed by atoms with Gasteiger partial charge in [0.2, 0.25) is 0 Å². The maximum absolute atomic E-state index is 13.2. The van der Waals surface area contributed by atoms with E-state index in [0.717, 1.165) is 26.5 Å². The molecule has 0 saturated carbocycles. The van der Waals surface area contributed by atoms with Gasteiger partial charge in [-0.3, -0.25) is 0 Å². The van der Waals surface area contributed by atoms with Crippen LogP contribution in [0.3, 0.4) is 0 Å². The first kappa shape index (κ1) is 18.9. The highest BCUT2D eigenvalue weighted by molar-refractivity contribution is 7.98. The highest BCUT2D eigenvalue weighted by Gasteiger charge is 2.25. The number of nitrogens with two attached hydrogens (primary N) is 1. The molecule has 3 atom stereocenters. The molecule has 134 valence electrons. The Kier molecular flexibility index (Phi) is 6.30. The number of rotatable bonds is 6. The van der Waals surface area contributed by atoms with Crippen molar-refractivity contribution in [3.05, 3.63) is 95.6 Å². The topological polar surface area (TPSA) is 43.1 Å². The molecule has 0 saturated heterocycles. The normalized spacial score (nSPS) is 14.6. The van der Waals surface area contributed by atoms with Crippen molar-refractivity contribution in [3.8, 4) is 0 Å². The molecule has 2 nitrogen and oxygen atoms in total. The Morgan fingerprint density at radius 3 is 2.15 bits per heavy atom. The van der Waals surface area contributed by atoms with E-state index in [4.69, 9.17) is 5.73 Å². The Bertz CT molecular complexity index is 878. The van der Waals surface area contributed by atoms with Crippen molar-refractivity contribution in [2.45, 2.75) is 28.0 Å². The van der Waals surface area contributed by atoms with Gasteiger partial charge in [0.25, 0.3) is 0 Å². The number of aryl methyl sites for hydroxylation is 1. The largest absolute Gasteiger partial charge is 0.323 e. The van der Waals surface area contributed by atoms with Crippen LogP contribution in [0, 0.1) is 6.92 Å². The van der Waals surface area contributed by atoms with E-state index in [2.05, 4.69) is 6.26 Å². The van der Waals surface area contributed by atoms with Gasteiger partial charge in [0, 0.05) is 21.1 Å². The van der Waals surface area contributed by atoms with Crippen LogP contribution in [-0.2, 0) is 10.8 Å². The third-order valence-electron chi connectivity index (χ3n) is 4.42. The third-order valence-corrected chi connectivity index (χ3v) is 6.95. The van der Waals surface area contributed by atoms with E-state index in [0.29, 0.717) is 0 Å². The minimum atomic E-state index is -1.23. The summed E-state index contributed by atoms with van der Waals surface area (Å²) in [7, 11) is -1.23. The highest BCUT2D eigenvalue weighted by atomic mass is 32.2. The first-order chi connectivity index (χ1) is 12.6. The van der Waals surface area contributed by atoms with Gasteiger partial charge in [0.15, 0.2) is 0 Å². The summed E-state index contributed by atoms with van der Waals surface area (Å²) in [5.74, 6) is 0. The number of benzene rings is 3. The Balaban J connectivity index is 1.99. The van der Waals surface area contributed by atoms with Gasteiger partial charge in [-0.15, -0.1) is 0 Å². The zero-order valence-corrected chi connectivity index (χ0v) is 16.6. The lowest BCUT2D eigenvalue weighted by Crippen LogP contribution is -2.19. The van der Waals surface area contributed by atoms with Gasteiger partial charge in [0.05, 0.1) is 10.8 Å². The zero-order chi connectivity index (χ0) is 18.5. The van der Waals surface area contributed by atoms with Crippen LogP contribution in [0.2, 0.25) is 0 Å². The molecule has 0 radical (unpaired) electrons.